The number of unbranched alkanes of at least 4 members (excludes halogenated alkanes) is 1. The maximum atomic E-state index is 11.3. The van der Waals surface area contributed by atoms with Gasteiger partial charge in [-0.1, -0.05) is 30.3 Å². The molecule has 0 heterocycles. The highest BCUT2D eigenvalue weighted by Gasteiger charge is 2.05. The van der Waals surface area contributed by atoms with E-state index in [1.54, 1.807) is 0 Å². The summed E-state index contributed by atoms with van der Waals surface area (Å²) >= 11 is 0. The van der Waals surface area contributed by atoms with Crippen LogP contribution in [0.4, 0.5) is 4.79 Å². The lowest BCUT2D eigenvalue weighted by Gasteiger charge is -2.06. The van der Waals surface area contributed by atoms with Crippen LogP contribution in [0.1, 0.15) is 18.4 Å². The highest BCUT2D eigenvalue weighted by Crippen LogP contribution is 2.00. The lowest BCUT2D eigenvalue weighted by Crippen LogP contribution is -2.25. The third-order valence-corrected chi connectivity index (χ3v) is 3.12. The van der Waals surface area contributed by atoms with Crippen molar-refractivity contribution in [2.75, 3.05) is 12.3 Å². The number of carbonyl (C=O) groups excluding carboxylic acids is 1. The van der Waals surface area contributed by atoms with Gasteiger partial charge in [-0.05, 0) is 18.4 Å². The highest BCUT2D eigenvalue weighted by atomic mass is 32.2. The average molecular weight is 287 g/mol. The fourth-order valence-electron chi connectivity index (χ4n) is 1.37. The van der Waals surface area contributed by atoms with Crippen LogP contribution in [0.25, 0.3) is 0 Å². The molecule has 1 aromatic carbocycles. The zero-order valence-corrected chi connectivity index (χ0v) is 11.2. The fourth-order valence-corrected chi connectivity index (χ4v) is 1.94. The second kappa shape index (κ2) is 7.75. The summed E-state index contributed by atoms with van der Waals surface area (Å²) in [5.74, 6) is -0.298. The van der Waals surface area contributed by atoms with E-state index in [9.17, 15) is 13.2 Å². The average Bonchev–Trinajstić information content (AvgIpc) is 2.36. The van der Waals surface area contributed by atoms with Crippen LogP contribution in [0.3, 0.4) is 0 Å². The number of benzene rings is 1. The maximum Gasteiger partial charge on any atom is 0.407 e. The Labute approximate surface area is 112 Å². The second-order valence-corrected chi connectivity index (χ2v) is 5.55. The zero-order valence-electron chi connectivity index (χ0n) is 10.4. The molecule has 2 N–H and O–H groups in total. The van der Waals surface area contributed by atoms with Gasteiger partial charge >= 0.3 is 6.09 Å². The SMILES string of the molecule is O=C(NCCCCS(=O)(=O)O)OCc1ccccc1. The molecular formula is C12H17NO5S. The minimum atomic E-state index is -3.92. The molecule has 0 saturated carbocycles. The largest absolute Gasteiger partial charge is 0.445 e. The van der Waals surface area contributed by atoms with Gasteiger partial charge in [-0.15, -0.1) is 0 Å². The van der Waals surface area contributed by atoms with E-state index in [1.807, 2.05) is 30.3 Å². The molecule has 0 unspecified atom stereocenters. The van der Waals surface area contributed by atoms with Gasteiger partial charge in [0.1, 0.15) is 6.61 Å². The van der Waals surface area contributed by atoms with Crippen molar-refractivity contribution in [2.45, 2.75) is 19.4 Å². The Morgan fingerprint density at radius 3 is 2.53 bits per heavy atom. The lowest BCUT2D eigenvalue weighted by atomic mass is 10.2. The fraction of sp³-hybridized carbons (Fsp3) is 0.417. The summed E-state index contributed by atoms with van der Waals surface area (Å²) < 4.78 is 34.3. The van der Waals surface area contributed by atoms with Gasteiger partial charge in [-0.25, -0.2) is 4.79 Å². The molecule has 1 amide bonds. The normalized spacial score (nSPS) is 11.0. The molecule has 1 rings (SSSR count). The summed E-state index contributed by atoms with van der Waals surface area (Å²) in [5, 5.41) is 2.50. The minimum absolute atomic E-state index is 0.192. The maximum absolute atomic E-state index is 11.3. The first kappa shape index (κ1) is 15.5. The first-order chi connectivity index (χ1) is 8.97. The van der Waals surface area contributed by atoms with Crippen LogP contribution >= 0.6 is 0 Å². The van der Waals surface area contributed by atoms with Crippen molar-refractivity contribution >= 4 is 16.2 Å². The van der Waals surface area contributed by atoms with E-state index in [0.717, 1.165) is 5.56 Å². The van der Waals surface area contributed by atoms with Crippen molar-refractivity contribution in [1.29, 1.82) is 0 Å². The van der Waals surface area contributed by atoms with Gasteiger partial charge in [0.15, 0.2) is 0 Å². The van der Waals surface area contributed by atoms with E-state index in [1.165, 1.54) is 0 Å². The Morgan fingerprint density at radius 1 is 1.21 bits per heavy atom. The van der Waals surface area contributed by atoms with Crippen LogP contribution in [-0.4, -0.2) is 31.4 Å². The molecule has 106 valence electrons. The minimum Gasteiger partial charge on any atom is -0.445 e. The van der Waals surface area contributed by atoms with Gasteiger partial charge in [-0.3, -0.25) is 4.55 Å². The third kappa shape index (κ3) is 8.17. The van der Waals surface area contributed by atoms with Crippen molar-refractivity contribution in [2.24, 2.45) is 0 Å². The smallest absolute Gasteiger partial charge is 0.407 e. The molecule has 0 atom stereocenters. The van der Waals surface area contributed by atoms with Gasteiger partial charge in [-0.2, -0.15) is 8.42 Å². The summed E-state index contributed by atoms with van der Waals surface area (Å²) in [7, 11) is -3.92. The Balaban J connectivity index is 2.09. The molecular weight excluding hydrogens is 270 g/mol. The number of rotatable bonds is 7. The molecule has 0 aliphatic rings. The third-order valence-electron chi connectivity index (χ3n) is 2.31. The molecule has 6 nitrogen and oxygen atoms in total. The van der Waals surface area contributed by atoms with Gasteiger partial charge in [0.2, 0.25) is 0 Å². The van der Waals surface area contributed by atoms with E-state index >= 15 is 0 Å². The predicted octanol–water partition coefficient (Wildman–Crippen LogP) is 1.58. The van der Waals surface area contributed by atoms with Crippen LogP contribution in [-0.2, 0) is 21.5 Å². The molecule has 0 spiro atoms. The van der Waals surface area contributed by atoms with Crippen molar-refractivity contribution in [3.63, 3.8) is 0 Å². The monoisotopic (exact) mass is 287 g/mol. The van der Waals surface area contributed by atoms with E-state index in [2.05, 4.69) is 5.32 Å². The van der Waals surface area contributed by atoms with Crippen molar-refractivity contribution in [1.82, 2.24) is 5.32 Å². The molecule has 0 saturated heterocycles. The first-order valence-electron chi connectivity index (χ1n) is 5.87. The lowest BCUT2D eigenvalue weighted by molar-refractivity contribution is 0.139. The first-order valence-corrected chi connectivity index (χ1v) is 7.48. The summed E-state index contributed by atoms with van der Waals surface area (Å²) in [6, 6.07) is 9.27. The molecule has 7 heteroatoms. The van der Waals surface area contributed by atoms with Crippen molar-refractivity contribution in [3.8, 4) is 0 Å². The Hall–Kier alpha value is -1.60. The number of hydrogen-bond donors (Lipinski definition) is 2. The highest BCUT2D eigenvalue weighted by molar-refractivity contribution is 7.85. The Morgan fingerprint density at radius 2 is 1.89 bits per heavy atom. The quantitative estimate of drug-likeness (QED) is 0.586. The summed E-state index contributed by atoms with van der Waals surface area (Å²) in [6.07, 6.45) is 0.202. The van der Waals surface area contributed by atoms with E-state index in [4.69, 9.17) is 9.29 Å². The number of amides is 1. The molecule has 0 fully saturated rings. The molecule has 0 bridgehead atoms. The number of hydrogen-bond acceptors (Lipinski definition) is 4. The van der Waals surface area contributed by atoms with E-state index in [-0.39, 0.29) is 18.8 Å². The van der Waals surface area contributed by atoms with Crippen LogP contribution in [0, 0.1) is 0 Å². The van der Waals surface area contributed by atoms with E-state index in [0.29, 0.717) is 13.0 Å². The van der Waals surface area contributed by atoms with Crippen LogP contribution in [0.2, 0.25) is 0 Å². The molecule has 0 radical (unpaired) electrons. The van der Waals surface area contributed by atoms with Crippen LogP contribution < -0.4 is 5.32 Å². The summed E-state index contributed by atoms with van der Waals surface area (Å²) in [4.78, 5) is 11.3. The van der Waals surface area contributed by atoms with Gasteiger partial charge in [0.25, 0.3) is 10.1 Å². The topological polar surface area (TPSA) is 92.7 Å². The molecule has 0 aliphatic heterocycles. The van der Waals surface area contributed by atoms with Crippen molar-refractivity contribution < 1.29 is 22.5 Å². The molecule has 0 aliphatic carbocycles. The van der Waals surface area contributed by atoms with Crippen LogP contribution in [0.5, 0.6) is 0 Å². The standard InChI is InChI=1S/C12H17NO5S/c14-12(13-8-4-5-9-19(15,16)17)18-10-11-6-2-1-3-7-11/h1-3,6-7H,4-5,8-10H2,(H,13,14)(H,15,16,17). The number of alkyl carbamates (subject to hydrolysis) is 1. The van der Waals surface area contributed by atoms with Crippen LogP contribution in [0.15, 0.2) is 30.3 Å². The molecule has 1 aromatic rings. The van der Waals surface area contributed by atoms with Crippen molar-refractivity contribution in [3.05, 3.63) is 35.9 Å². The summed E-state index contributed by atoms with van der Waals surface area (Å²) in [6.45, 7) is 0.501. The van der Waals surface area contributed by atoms with Gasteiger partial charge in [0.05, 0.1) is 5.75 Å². The summed E-state index contributed by atoms with van der Waals surface area (Å²) in [5.41, 5.74) is 0.893. The number of carbonyl (C=O) groups is 1. The Bertz CT molecular complexity index is 486. The molecule has 19 heavy (non-hydrogen) atoms. The zero-order chi connectivity index (χ0) is 14.1. The predicted molar refractivity (Wildman–Crippen MR) is 70.3 cm³/mol. The second-order valence-electron chi connectivity index (χ2n) is 3.98. The van der Waals surface area contributed by atoms with Gasteiger partial charge < -0.3 is 10.1 Å². The molecule has 0 aromatic heterocycles. The number of ether oxygens (including phenoxy) is 1. The van der Waals surface area contributed by atoms with E-state index < -0.39 is 16.2 Å². The Kier molecular flexibility index (Phi) is 6.31. The van der Waals surface area contributed by atoms with Gasteiger partial charge in [0, 0.05) is 6.54 Å². The number of nitrogens with one attached hydrogen (secondary N) is 1.